The van der Waals surface area contributed by atoms with Crippen LogP contribution in [0, 0.1) is 11.3 Å². The summed E-state index contributed by atoms with van der Waals surface area (Å²) in [6.45, 7) is 7.56. The van der Waals surface area contributed by atoms with Crippen molar-refractivity contribution in [1.82, 2.24) is 4.90 Å². The molecule has 1 aromatic rings. The first-order valence-electron chi connectivity index (χ1n) is 7.35. The summed E-state index contributed by atoms with van der Waals surface area (Å²) >= 11 is 0. The largest absolute Gasteiger partial charge is 0.299 e. The number of carbonyl (C=O) groups excluding carboxylic acids is 1. The van der Waals surface area contributed by atoms with E-state index in [0.29, 0.717) is 11.2 Å². The van der Waals surface area contributed by atoms with Crippen molar-refractivity contribution in [2.75, 3.05) is 6.54 Å². The van der Waals surface area contributed by atoms with Gasteiger partial charge in [0.05, 0.1) is 0 Å². The smallest absolute Gasteiger partial charge is 0.137 e. The van der Waals surface area contributed by atoms with E-state index in [0.717, 1.165) is 38.9 Å². The van der Waals surface area contributed by atoms with Gasteiger partial charge in [-0.15, -0.1) is 0 Å². The quantitative estimate of drug-likeness (QED) is 0.809. The highest BCUT2D eigenvalue weighted by molar-refractivity contribution is 5.82. The fourth-order valence-electron chi connectivity index (χ4n) is 3.56. The zero-order valence-electron chi connectivity index (χ0n) is 12.0. The lowest BCUT2D eigenvalue weighted by Crippen LogP contribution is -2.37. The third-order valence-electron chi connectivity index (χ3n) is 4.69. The van der Waals surface area contributed by atoms with Gasteiger partial charge in [0.2, 0.25) is 0 Å². The summed E-state index contributed by atoms with van der Waals surface area (Å²) in [6.07, 6.45) is 2.89. The zero-order chi connectivity index (χ0) is 13.5. The average Bonchev–Trinajstić information content (AvgIpc) is 2.76. The van der Waals surface area contributed by atoms with Crippen molar-refractivity contribution < 1.29 is 4.79 Å². The van der Waals surface area contributed by atoms with Crippen molar-refractivity contribution in [3.63, 3.8) is 0 Å². The lowest BCUT2D eigenvalue weighted by atomic mass is 9.71. The van der Waals surface area contributed by atoms with Crippen LogP contribution in [-0.4, -0.2) is 17.2 Å². The average molecular weight is 257 g/mol. The van der Waals surface area contributed by atoms with Crippen LogP contribution in [0.2, 0.25) is 0 Å². The van der Waals surface area contributed by atoms with Crippen LogP contribution in [0.3, 0.4) is 0 Å². The first-order chi connectivity index (χ1) is 9.03. The molecule has 0 N–H and O–H groups in total. The SMILES string of the molecule is CC1(C)CCC(=O)C(CN2Cc3ccccc3C2)C1. The lowest BCUT2D eigenvalue weighted by Gasteiger charge is -2.35. The Bertz CT molecular complexity index is 467. The summed E-state index contributed by atoms with van der Waals surface area (Å²) < 4.78 is 0. The van der Waals surface area contributed by atoms with E-state index in [1.165, 1.54) is 11.1 Å². The van der Waals surface area contributed by atoms with E-state index < -0.39 is 0 Å². The minimum atomic E-state index is 0.248. The van der Waals surface area contributed by atoms with Gasteiger partial charge in [-0.2, -0.15) is 0 Å². The standard InChI is InChI=1S/C17H23NO/c1-17(2)8-7-16(19)15(9-17)12-18-10-13-5-3-4-6-14(13)11-18/h3-6,15H,7-12H2,1-2H3. The number of benzene rings is 1. The molecule has 1 unspecified atom stereocenters. The minimum absolute atomic E-state index is 0.248. The second-order valence-corrected chi connectivity index (χ2v) is 6.97. The van der Waals surface area contributed by atoms with E-state index in [-0.39, 0.29) is 5.92 Å². The van der Waals surface area contributed by atoms with Crippen molar-refractivity contribution >= 4 is 5.78 Å². The summed E-state index contributed by atoms with van der Waals surface area (Å²) in [5, 5.41) is 0. The molecule has 1 fully saturated rings. The number of Topliss-reactive ketones (excluding diaryl/α,β-unsaturated/α-hetero) is 1. The number of ketones is 1. The van der Waals surface area contributed by atoms with E-state index in [9.17, 15) is 4.79 Å². The van der Waals surface area contributed by atoms with Gasteiger partial charge in [-0.1, -0.05) is 38.1 Å². The monoisotopic (exact) mass is 257 g/mol. The molecule has 0 aromatic heterocycles. The fourth-order valence-corrected chi connectivity index (χ4v) is 3.56. The number of fused-ring (bicyclic) bond motifs is 1. The van der Waals surface area contributed by atoms with Crippen molar-refractivity contribution in [3.8, 4) is 0 Å². The maximum absolute atomic E-state index is 12.1. The predicted molar refractivity (Wildman–Crippen MR) is 76.7 cm³/mol. The second kappa shape index (κ2) is 4.75. The van der Waals surface area contributed by atoms with Crippen LogP contribution in [0.15, 0.2) is 24.3 Å². The molecule has 1 aliphatic heterocycles. The molecule has 0 saturated heterocycles. The number of hydrogen-bond acceptors (Lipinski definition) is 2. The van der Waals surface area contributed by atoms with Gasteiger partial charge in [-0.25, -0.2) is 0 Å². The van der Waals surface area contributed by atoms with Gasteiger partial charge in [-0.05, 0) is 29.4 Å². The molecule has 0 amide bonds. The predicted octanol–water partition coefficient (Wildman–Crippen LogP) is 3.40. The van der Waals surface area contributed by atoms with E-state index in [2.05, 4.69) is 43.0 Å². The summed E-state index contributed by atoms with van der Waals surface area (Å²) in [4.78, 5) is 14.6. The van der Waals surface area contributed by atoms with Crippen LogP contribution in [0.25, 0.3) is 0 Å². The summed E-state index contributed by atoms with van der Waals surface area (Å²) in [5.74, 6) is 0.730. The molecule has 1 aromatic carbocycles. The van der Waals surface area contributed by atoms with Crippen molar-refractivity contribution in [1.29, 1.82) is 0 Å². The Morgan fingerprint density at radius 3 is 2.47 bits per heavy atom. The van der Waals surface area contributed by atoms with Crippen LogP contribution >= 0.6 is 0 Å². The van der Waals surface area contributed by atoms with Gasteiger partial charge in [0.1, 0.15) is 5.78 Å². The highest BCUT2D eigenvalue weighted by atomic mass is 16.1. The third kappa shape index (κ3) is 2.74. The van der Waals surface area contributed by atoms with Crippen molar-refractivity contribution in [2.24, 2.45) is 11.3 Å². The van der Waals surface area contributed by atoms with Crippen LogP contribution in [0.4, 0.5) is 0 Å². The fraction of sp³-hybridized carbons (Fsp3) is 0.588. The van der Waals surface area contributed by atoms with E-state index in [1.54, 1.807) is 0 Å². The topological polar surface area (TPSA) is 20.3 Å². The molecule has 0 spiro atoms. The van der Waals surface area contributed by atoms with E-state index >= 15 is 0 Å². The Balaban J connectivity index is 1.65. The number of hydrogen-bond donors (Lipinski definition) is 0. The zero-order valence-corrected chi connectivity index (χ0v) is 12.0. The molecule has 2 heteroatoms. The number of carbonyl (C=O) groups is 1. The Hall–Kier alpha value is -1.15. The van der Waals surface area contributed by atoms with Crippen LogP contribution in [-0.2, 0) is 17.9 Å². The van der Waals surface area contributed by atoms with E-state index in [1.807, 2.05) is 0 Å². The molecule has 2 nitrogen and oxygen atoms in total. The highest BCUT2D eigenvalue weighted by Crippen LogP contribution is 2.37. The number of rotatable bonds is 2. The lowest BCUT2D eigenvalue weighted by molar-refractivity contribution is -0.127. The summed E-state index contributed by atoms with van der Waals surface area (Å²) in [5.41, 5.74) is 3.21. The first kappa shape index (κ1) is 12.9. The molecule has 0 radical (unpaired) electrons. The second-order valence-electron chi connectivity index (χ2n) is 6.97. The van der Waals surface area contributed by atoms with Crippen molar-refractivity contribution in [3.05, 3.63) is 35.4 Å². The molecule has 1 atom stereocenters. The summed E-state index contributed by atoms with van der Waals surface area (Å²) in [6, 6.07) is 8.64. The molecule has 19 heavy (non-hydrogen) atoms. The van der Waals surface area contributed by atoms with Gasteiger partial charge in [-0.3, -0.25) is 9.69 Å². The summed E-state index contributed by atoms with van der Waals surface area (Å²) in [7, 11) is 0. The molecule has 3 rings (SSSR count). The number of nitrogens with zero attached hydrogens (tertiary/aromatic N) is 1. The molecule has 0 bridgehead atoms. The van der Waals surface area contributed by atoms with Gasteiger partial charge < -0.3 is 0 Å². The molecule has 1 heterocycles. The van der Waals surface area contributed by atoms with E-state index in [4.69, 9.17) is 0 Å². The molecule has 1 saturated carbocycles. The van der Waals surface area contributed by atoms with Crippen LogP contribution < -0.4 is 0 Å². The maximum atomic E-state index is 12.1. The van der Waals surface area contributed by atoms with Gasteiger partial charge in [0.15, 0.2) is 0 Å². The molecule has 1 aliphatic carbocycles. The Kier molecular flexibility index (Phi) is 3.22. The molecule has 2 aliphatic rings. The molecule has 102 valence electrons. The third-order valence-corrected chi connectivity index (χ3v) is 4.69. The normalized spacial score (nSPS) is 26.4. The minimum Gasteiger partial charge on any atom is -0.299 e. The van der Waals surface area contributed by atoms with Gasteiger partial charge >= 0.3 is 0 Å². The van der Waals surface area contributed by atoms with Crippen LogP contribution in [0.1, 0.15) is 44.2 Å². The Morgan fingerprint density at radius 2 is 1.84 bits per heavy atom. The highest BCUT2D eigenvalue weighted by Gasteiger charge is 2.35. The first-order valence-corrected chi connectivity index (χ1v) is 7.35. The maximum Gasteiger partial charge on any atom is 0.137 e. The molecular formula is C17H23NO. The molecular weight excluding hydrogens is 234 g/mol. The van der Waals surface area contributed by atoms with Crippen LogP contribution in [0.5, 0.6) is 0 Å². The van der Waals surface area contributed by atoms with Crippen molar-refractivity contribution in [2.45, 2.75) is 46.2 Å². The Morgan fingerprint density at radius 1 is 1.21 bits per heavy atom. The van der Waals surface area contributed by atoms with Gasteiger partial charge in [0.25, 0.3) is 0 Å². The van der Waals surface area contributed by atoms with Gasteiger partial charge in [0, 0.05) is 32.0 Å². The Labute approximate surface area is 115 Å².